The van der Waals surface area contributed by atoms with Gasteiger partial charge < -0.3 is 9.84 Å². The highest BCUT2D eigenvalue weighted by Crippen LogP contribution is 2.14. The molecular weight excluding hydrogens is 282 g/mol. The Balaban J connectivity index is 2.48. The molecule has 0 spiro atoms. The van der Waals surface area contributed by atoms with Gasteiger partial charge >= 0.3 is 5.97 Å². The van der Waals surface area contributed by atoms with Crippen molar-refractivity contribution in [3.8, 4) is 0 Å². The summed E-state index contributed by atoms with van der Waals surface area (Å²) in [5, 5.41) is 8.62. The molecule has 0 aliphatic heterocycles. The van der Waals surface area contributed by atoms with E-state index in [4.69, 9.17) is 21.4 Å². The van der Waals surface area contributed by atoms with E-state index < -0.39 is 22.6 Å². The molecule has 18 heavy (non-hydrogen) atoms. The second kappa shape index (κ2) is 6.69. The number of carboxylic acids is 1. The van der Waals surface area contributed by atoms with Crippen LogP contribution in [0, 0.1) is 0 Å². The van der Waals surface area contributed by atoms with Crippen molar-refractivity contribution in [2.75, 3.05) is 19.8 Å². The summed E-state index contributed by atoms with van der Waals surface area (Å²) >= 11 is 5.69. The molecule has 0 unspecified atom stereocenters. The van der Waals surface area contributed by atoms with E-state index in [1.54, 1.807) is 6.07 Å². The third kappa shape index (κ3) is 5.01. The highest BCUT2D eigenvalue weighted by atomic mass is 35.5. The third-order valence-corrected chi connectivity index (χ3v) is 3.56. The molecule has 0 aliphatic carbocycles. The van der Waals surface area contributed by atoms with E-state index in [-0.39, 0.29) is 18.0 Å². The van der Waals surface area contributed by atoms with Crippen molar-refractivity contribution in [2.45, 2.75) is 4.90 Å². The van der Waals surface area contributed by atoms with Gasteiger partial charge in [-0.2, -0.15) is 0 Å². The number of hydrogen-bond acceptors (Lipinski definition) is 4. The Morgan fingerprint density at radius 2 is 2.17 bits per heavy atom. The zero-order chi connectivity index (χ0) is 13.6. The maximum Gasteiger partial charge on any atom is 0.329 e. The standard InChI is InChI=1S/C10H12ClNO5S/c11-8-2-1-3-9(6-8)18(15,16)12-4-5-17-7-10(13)14/h1-3,6,12H,4-5,7H2,(H,13,14). The van der Waals surface area contributed by atoms with Crippen molar-refractivity contribution >= 4 is 27.6 Å². The number of halogens is 1. The van der Waals surface area contributed by atoms with Crippen LogP contribution in [-0.2, 0) is 19.6 Å². The first kappa shape index (κ1) is 14.9. The number of carboxylic acid groups (broad SMARTS) is 1. The number of ether oxygens (including phenoxy) is 1. The van der Waals surface area contributed by atoms with Crippen LogP contribution >= 0.6 is 11.6 Å². The smallest absolute Gasteiger partial charge is 0.329 e. The quantitative estimate of drug-likeness (QED) is 0.723. The van der Waals surface area contributed by atoms with Gasteiger partial charge in [-0.1, -0.05) is 17.7 Å². The summed E-state index contributed by atoms with van der Waals surface area (Å²) in [5.74, 6) is -1.10. The lowest BCUT2D eigenvalue weighted by atomic mass is 10.4. The largest absolute Gasteiger partial charge is 0.480 e. The fourth-order valence-corrected chi connectivity index (χ4v) is 2.44. The van der Waals surface area contributed by atoms with E-state index in [1.807, 2.05) is 0 Å². The minimum absolute atomic E-state index is 0.0118. The van der Waals surface area contributed by atoms with Crippen molar-refractivity contribution in [3.63, 3.8) is 0 Å². The maximum absolute atomic E-state index is 11.7. The predicted octanol–water partition coefficient (Wildman–Crippen LogP) is 0.720. The minimum atomic E-state index is -3.65. The first-order valence-corrected chi connectivity index (χ1v) is 6.83. The first-order valence-electron chi connectivity index (χ1n) is 4.96. The fourth-order valence-electron chi connectivity index (χ4n) is 1.13. The summed E-state index contributed by atoms with van der Waals surface area (Å²) in [7, 11) is -3.65. The normalized spacial score (nSPS) is 11.4. The Kier molecular flexibility index (Phi) is 5.54. The molecular formula is C10H12ClNO5S. The second-order valence-electron chi connectivity index (χ2n) is 3.30. The van der Waals surface area contributed by atoms with Crippen LogP contribution in [-0.4, -0.2) is 39.3 Å². The number of aliphatic carboxylic acids is 1. The van der Waals surface area contributed by atoms with E-state index in [0.717, 1.165) is 0 Å². The molecule has 6 nitrogen and oxygen atoms in total. The Hall–Kier alpha value is -1.15. The van der Waals surface area contributed by atoms with Gasteiger partial charge in [0, 0.05) is 11.6 Å². The molecule has 100 valence electrons. The van der Waals surface area contributed by atoms with Gasteiger partial charge in [-0.15, -0.1) is 0 Å². The molecule has 0 aromatic heterocycles. The van der Waals surface area contributed by atoms with Crippen LogP contribution in [0.3, 0.4) is 0 Å². The van der Waals surface area contributed by atoms with Gasteiger partial charge in [0.25, 0.3) is 0 Å². The van der Waals surface area contributed by atoms with Crippen LogP contribution in [0.1, 0.15) is 0 Å². The number of hydrogen-bond donors (Lipinski definition) is 2. The average molecular weight is 294 g/mol. The SMILES string of the molecule is O=C(O)COCCNS(=O)(=O)c1cccc(Cl)c1. The molecule has 0 fully saturated rings. The topological polar surface area (TPSA) is 92.7 Å². The Labute approximate surface area is 110 Å². The number of rotatable bonds is 7. The highest BCUT2D eigenvalue weighted by Gasteiger charge is 2.13. The molecule has 0 bridgehead atoms. The molecule has 1 aromatic rings. The van der Waals surface area contributed by atoms with Gasteiger partial charge in [-0.3, -0.25) is 0 Å². The fraction of sp³-hybridized carbons (Fsp3) is 0.300. The number of benzene rings is 1. The van der Waals surface area contributed by atoms with Crippen LogP contribution in [0.15, 0.2) is 29.2 Å². The molecule has 0 saturated heterocycles. The number of nitrogens with one attached hydrogen (secondary N) is 1. The van der Waals surface area contributed by atoms with Crippen LogP contribution in [0.4, 0.5) is 0 Å². The summed E-state index contributed by atoms with van der Waals surface area (Å²) in [6.45, 7) is -0.493. The molecule has 0 aliphatic rings. The molecule has 0 radical (unpaired) electrons. The maximum atomic E-state index is 11.7. The number of carbonyl (C=O) groups is 1. The lowest BCUT2D eigenvalue weighted by Gasteiger charge is -2.06. The summed E-state index contributed by atoms with van der Waals surface area (Å²) in [4.78, 5) is 10.2. The molecule has 0 heterocycles. The van der Waals surface area contributed by atoms with E-state index in [9.17, 15) is 13.2 Å². The number of sulfonamides is 1. The summed E-state index contributed by atoms with van der Waals surface area (Å²) in [6, 6.07) is 5.82. The molecule has 1 rings (SSSR count). The van der Waals surface area contributed by atoms with Gasteiger partial charge in [0.1, 0.15) is 6.61 Å². The molecule has 0 amide bonds. The Bertz CT molecular complexity index is 517. The van der Waals surface area contributed by atoms with Crippen LogP contribution in [0.5, 0.6) is 0 Å². The van der Waals surface area contributed by atoms with Gasteiger partial charge in [0.15, 0.2) is 0 Å². The summed E-state index contributed by atoms with van der Waals surface area (Å²) in [5.41, 5.74) is 0. The molecule has 1 aromatic carbocycles. The third-order valence-electron chi connectivity index (χ3n) is 1.87. The molecule has 8 heteroatoms. The molecule has 2 N–H and O–H groups in total. The summed E-state index contributed by atoms with van der Waals surface area (Å²) < 4.78 is 30.4. The van der Waals surface area contributed by atoms with Gasteiger partial charge in [0.05, 0.1) is 11.5 Å². The monoisotopic (exact) mass is 293 g/mol. The first-order chi connectivity index (χ1) is 8.42. The van der Waals surface area contributed by atoms with E-state index in [0.29, 0.717) is 5.02 Å². The molecule has 0 saturated carbocycles. The highest BCUT2D eigenvalue weighted by molar-refractivity contribution is 7.89. The van der Waals surface area contributed by atoms with Crippen molar-refractivity contribution in [1.82, 2.24) is 4.72 Å². The van der Waals surface area contributed by atoms with Crippen LogP contribution in [0.25, 0.3) is 0 Å². The predicted molar refractivity (Wildman–Crippen MR) is 65.1 cm³/mol. The lowest BCUT2D eigenvalue weighted by molar-refractivity contribution is -0.142. The second-order valence-corrected chi connectivity index (χ2v) is 5.50. The van der Waals surface area contributed by atoms with E-state index in [2.05, 4.69) is 4.72 Å². The van der Waals surface area contributed by atoms with Crippen molar-refractivity contribution in [3.05, 3.63) is 29.3 Å². The average Bonchev–Trinajstić information content (AvgIpc) is 2.28. The lowest BCUT2D eigenvalue weighted by Crippen LogP contribution is -2.28. The van der Waals surface area contributed by atoms with Gasteiger partial charge in [-0.25, -0.2) is 17.9 Å². The van der Waals surface area contributed by atoms with Crippen LogP contribution in [0.2, 0.25) is 5.02 Å². The molecule has 0 atom stereocenters. The van der Waals surface area contributed by atoms with E-state index >= 15 is 0 Å². The van der Waals surface area contributed by atoms with Gasteiger partial charge in [0.2, 0.25) is 10.0 Å². The zero-order valence-electron chi connectivity index (χ0n) is 9.30. The zero-order valence-corrected chi connectivity index (χ0v) is 10.9. The Morgan fingerprint density at radius 1 is 1.44 bits per heavy atom. The van der Waals surface area contributed by atoms with Crippen LogP contribution < -0.4 is 4.72 Å². The summed E-state index contributed by atoms with van der Waals surface area (Å²) in [6.07, 6.45) is 0. The Morgan fingerprint density at radius 3 is 2.78 bits per heavy atom. The van der Waals surface area contributed by atoms with Crippen molar-refractivity contribution in [1.29, 1.82) is 0 Å². The van der Waals surface area contributed by atoms with Crippen molar-refractivity contribution < 1.29 is 23.1 Å². The minimum Gasteiger partial charge on any atom is -0.480 e. The van der Waals surface area contributed by atoms with Gasteiger partial charge in [-0.05, 0) is 18.2 Å². The van der Waals surface area contributed by atoms with E-state index in [1.165, 1.54) is 18.2 Å². The van der Waals surface area contributed by atoms with Crippen molar-refractivity contribution in [2.24, 2.45) is 0 Å².